The number of aryl methyl sites for hydroxylation is 2. The summed E-state index contributed by atoms with van der Waals surface area (Å²) in [5, 5.41) is 3.28. The van der Waals surface area contributed by atoms with Gasteiger partial charge in [-0.05, 0) is 73.5 Å². The molecule has 3 rings (SSSR count). The minimum Gasteiger partial charge on any atom is -0.322 e. The van der Waals surface area contributed by atoms with Crippen LogP contribution in [0.1, 0.15) is 21.5 Å². The summed E-state index contributed by atoms with van der Waals surface area (Å²) in [7, 11) is -4.02. The van der Waals surface area contributed by atoms with Crippen molar-refractivity contribution in [2.45, 2.75) is 18.7 Å². The number of nitrogens with one attached hydrogen (secondary N) is 2. The molecule has 0 saturated heterocycles. The maximum absolute atomic E-state index is 12.9. The standard InChI is InChI=1S/C21H17Cl3N2O3S/c1-12-3-5-16(9-13(12)2)26-30(28,29)20-10-14(4-7-18(20)23)21(27)25-15-6-8-17(22)19(24)11-15/h3-11,26H,1-2H3,(H,25,27). The number of hydrogen-bond acceptors (Lipinski definition) is 3. The van der Waals surface area contributed by atoms with E-state index in [9.17, 15) is 13.2 Å². The second-order valence-corrected chi connectivity index (χ2v) is 9.51. The maximum atomic E-state index is 12.9. The van der Waals surface area contributed by atoms with Crippen LogP contribution in [0, 0.1) is 13.8 Å². The number of carbonyl (C=O) groups excluding carboxylic acids is 1. The van der Waals surface area contributed by atoms with Crippen LogP contribution in [0.2, 0.25) is 15.1 Å². The monoisotopic (exact) mass is 482 g/mol. The summed E-state index contributed by atoms with van der Waals surface area (Å²) >= 11 is 18.0. The van der Waals surface area contributed by atoms with E-state index in [1.54, 1.807) is 24.3 Å². The van der Waals surface area contributed by atoms with Crippen LogP contribution in [0.3, 0.4) is 0 Å². The first-order valence-electron chi connectivity index (χ1n) is 8.73. The maximum Gasteiger partial charge on any atom is 0.263 e. The zero-order chi connectivity index (χ0) is 22.1. The van der Waals surface area contributed by atoms with Crippen LogP contribution in [0.5, 0.6) is 0 Å². The zero-order valence-electron chi connectivity index (χ0n) is 16.0. The van der Waals surface area contributed by atoms with Gasteiger partial charge in [-0.15, -0.1) is 0 Å². The molecule has 0 aliphatic carbocycles. The van der Waals surface area contributed by atoms with E-state index in [2.05, 4.69) is 10.0 Å². The molecule has 1 amide bonds. The number of halogens is 3. The third-order valence-electron chi connectivity index (χ3n) is 4.42. The molecule has 0 spiro atoms. The highest BCUT2D eigenvalue weighted by Gasteiger charge is 2.21. The molecular formula is C21H17Cl3N2O3S. The number of benzene rings is 3. The van der Waals surface area contributed by atoms with Gasteiger partial charge in [0, 0.05) is 16.9 Å². The first-order valence-corrected chi connectivity index (χ1v) is 11.3. The molecule has 0 heterocycles. The molecule has 0 bridgehead atoms. The molecule has 3 aromatic rings. The predicted molar refractivity (Wildman–Crippen MR) is 123 cm³/mol. The molecule has 9 heteroatoms. The van der Waals surface area contributed by atoms with Crippen molar-refractivity contribution < 1.29 is 13.2 Å². The molecule has 2 N–H and O–H groups in total. The summed E-state index contributed by atoms with van der Waals surface area (Å²) < 4.78 is 28.2. The fraction of sp³-hybridized carbons (Fsp3) is 0.0952. The number of amides is 1. The minimum atomic E-state index is -4.02. The minimum absolute atomic E-state index is 0.00239. The molecule has 5 nitrogen and oxygen atoms in total. The van der Waals surface area contributed by atoms with E-state index in [1.807, 2.05) is 19.9 Å². The van der Waals surface area contributed by atoms with Crippen LogP contribution in [0.4, 0.5) is 11.4 Å². The molecule has 156 valence electrons. The van der Waals surface area contributed by atoms with Gasteiger partial charge in [-0.1, -0.05) is 40.9 Å². The average Bonchev–Trinajstić information content (AvgIpc) is 2.67. The average molecular weight is 484 g/mol. The molecule has 0 radical (unpaired) electrons. The summed E-state index contributed by atoms with van der Waals surface area (Å²) in [6.45, 7) is 3.81. The van der Waals surface area contributed by atoms with Crippen LogP contribution in [-0.2, 0) is 10.0 Å². The van der Waals surface area contributed by atoms with Crippen molar-refractivity contribution in [3.05, 3.63) is 86.4 Å². The van der Waals surface area contributed by atoms with E-state index in [-0.39, 0.29) is 20.5 Å². The number of sulfonamides is 1. The first kappa shape index (κ1) is 22.4. The van der Waals surface area contributed by atoms with Gasteiger partial charge in [-0.25, -0.2) is 8.42 Å². The van der Waals surface area contributed by atoms with Crippen molar-refractivity contribution in [3.63, 3.8) is 0 Å². The van der Waals surface area contributed by atoms with Gasteiger partial charge in [0.2, 0.25) is 0 Å². The largest absolute Gasteiger partial charge is 0.322 e. The van der Waals surface area contributed by atoms with Crippen molar-refractivity contribution in [2.24, 2.45) is 0 Å². The van der Waals surface area contributed by atoms with Crippen LogP contribution >= 0.6 is 34.8 Å². The van der Waals surface area contributed by atoms with E-state index < -0.39 is 15.9 Å². The Hall–Kier alpha value is -2.25. The van der Waals surface area contributed by atoms with E-state index in [4.69, 9.17) is 34.8 Å². The summed E-state index contributed by atoms with van der Waals surface area (Å²) in [6.07, 6.45) is 0. The topological polar surface area (TPSA) is 75.3 Å². The smallest absolute Gasteiger partial charge is 0.263 e. The fourth-order valence-electron chi connectivity index (χ4n) is 2.64. The van der Waals surface area contributed by atoms with Gasteiger partial charge in [0.05, 0.1) is 15.1 Å². The van der Waals surface area contributed by atoms with Crippen LogP contribution in [0.25, 0.3) is 0 Å². The molecular weight excluding hydrogens is 467 g/mol. The Bertz CT molecular complexity index is 1240. The first-order chi connectivity index (χ1) is 14.1. The van der Waals surface area contributed by atoms with E-state index >= 15 is 0 Å². The van der Waals surface area contributed by atoms with E-state index in [0.717, 1.165) is 11.1 Å². The Labute approximate surface area is 190 Å². The molecule has 0 unspecified atom stereocenters. The van der Waals surface area contributed by atoms with Gasteiger partial charge in [-0.2, -0.15) is 0 Å². The van der Waals surface area contributed by atoms with Crippen molar-refractivity contribution in [2.75, 3.05) is 10.0 Å². The Balaban J connectivity index is 1.88. The lowest BCUT2D eigenvalue weighted by molar-refractivity contribution is 0.102. The molecule has 0 aliphatic rings. The van der Waals surface area contributed by atoms with E-state index in [0.29, 0.717) is 16.4 Å². The van der Waals surface area contributed by atoms with Gasteiger partial charge in [0.1, 0.15) is 4.90 Å². The second-order valence-electron chi connectivity index (χ2n) is 6.63. The molecule has 0 aromatic heterocycles. The molecule has 30 heavy (non-hydrogen) atoms. The fourth-order valence-corrected chi connectivity index (χ4v) is 4.52. The Morgan fingerprint density at radius 3 is 2.10 bits per heavy atom. The normalized spacial score (nSPS) is 11.2. The summed E-state index contributed by atoms with van der Waals surface area (Å²) in [5.74, 6) is -0.521. The number of rotatable bonds is 5. The SMILES string of the molecule is Cc1ccc(NS(=O)(=O)c2cc(C(=O)Nc3ccc(Cl)c(Cl)c3)ccc2Cl)cc1C. The van der Waals surface area contributed by atoms with Gasteiger partial charge in [-0.3, -0.25) is 9.52 Å². The quantitative estimate of drug-likeness (QED) is 0.446. The highest BCUT2D eigenvalue weighted by Crippen LogP contribution is 2.28. The van der Waals surface area contributed by atoms with Crippen LogP contribution < -0.4 is 10.0 Å². The Morgan fingerprint density at radius 1 is 0.767 bits per heavy atom. The van der Waals surface area contributed by atoms with Crippen LogP contribution in [0.15, 0.2) is 59.5 Å². The third-order valence-corrected chi connectivity index (χ3v) is 7.02. The Morgan fingerprint density at radius 2 is 1.43 bits per heavy atom. The summed E-state index contributed by atoms with van der Waals surface area (Å²) in [5.41, 5.74) is 2.92. The number of hydrogen-bond donors (Lipinski definition) is 2. The lowest BCUT2D eigenvalue weighted by Crippen LogP contribution is -2.16. The van der Waals surface area contributed by atoms with Gasteiger partial charge in [0.25, 0.3) is 15.9 Å². The summed E-state index contributed by atoms with van der Waals surface area (Å²) in [6, 6.07) is 13.8. The van der Waals surface area contributed by atoms with Crippen LogP contribution in [-0.4, -0.2) is 14.3 Å². The molecule has 0 fully saturated rings. The van der Waals surface area contributed by atoms with Crippen molar-refractivity contribution in [1.29, 1.82) is 0 Å². The highest BCUT2D eigenvalue weighted by atomic mass is 35.5. The lowest BCUT2D eigenvalue weighted by Gasteiger charge is -2.12. The zero-order valence-corrected chi connectivity index (χ0v) is 19.0. The molecule has 0 atom stereocenters. The molecule has 0 aliphatic heterocycles. The summed E-state index contributed by atoms with van der Waals surface area (Å²) in [4.78, 5) is 12.4. The van der Waals surface area contributed by atoms with Crippen molar-refractivity contribution in [3.8, 4) is 0 Å². The van der Waals surface area contributed by atoms with Gasteiger partial charge >= 0.3 is 0 Å². The van der Waals surface area contributed by atoms with Crippen molar-refractivity contribution >= 4 is 62.1 Å². The number of carbonyl (C=O) groups is 1. The predicted octanol–water partition coefficient (Wildman–Crippen LogP) is 6.32. The molecule has 0 saturated carbocycles. The molecule has 3 aromatic carbocycles. The number of anilines is 2. The highest BCUT2D eigenvalue weighted by molar-refractivity contribution is 7.92. The second kappa shape index (κ2) is 8.86. The van der Waals surface area contributed by atoms with E-state index in [1.165, 1.54) is 24.3 Å². The third kappa shape index (κ3) is 5.08. The Kier molecular flexibility index (Phi) is 6.62. The van der Waals surface area contributed by atoms with Gasteiger partial charge < -0.3 is 5.32 Å². The van der Waals surface area contributed by atoms with Gasteiger partial charge in [0.15, 0.2) is 0 Å². The lowest BCUT2D eigenvalue weighted by atomic mass is 10.1. The van der Waals surface area contributed by atoms with Crippen molar-refractivity contribution in [1.82, 2.24) is 0 Å².